The summed E-state index contributed by atoms with van der Waals surface area (Å²) in [7, 11) is 1.54. The number of hydrogen-bond donors (Lipinski definition) is 3. The largest absolute Gasteiger partial charge is 0.494 e. The van der Waals surface area contributed by atoms with Gasteiger partial charge in [0, 0.05) is 35.9 Å². The molecule has 1 aromatic carbocycles. The first-order valence-electron chi connectivity index (χ1n) is 9.40. The van der Waals surface area contributed by atoms with Crippen molar-refractivity contribution in [3.05, 3.63) is 41.6 Å². The molecular formula is C21H22N4O3. The first-order chi connectivity index (χ1) is 13.6. The maximum atomic E-state index is 12.7. The maximum Gasteiger partial charge on any atom is 0.228 e. The molecule has 144 valence electrons. The number of ketones is 1. The second-order valence-corrected chi connectivity index (χ2v) is 7.21. The molecule has 2 aliphatic rings. The number of methoxy groups -OCH3 is 1. The quantitative estimate of drug-likeness (QED) is 0.479. The van der Waals surface area contributed by atoms with E-state index in [9.17, 15) is 9.59 Å². The van der Waals surface area contributed by atoms with Gasteiger partial charge in [-0.3, -0.25) is 9.59 Å². The lowest BCUT2D eigenvalue weighted by Crippen LogP contribution is -2.15. The second kappa shape index (κ2) is 7.42. The standard InChI is InChI=1S/C21H22N4O3/c1-28-20-14(10-22)3-2-4-16(20)24-17-9-18(25-21(27)13-7-8-13)23-11-15(17)19(26)12-5-6-12/h2-4,9-13,22H,5-8H2,1H3,(H2,23,24,25,27). The first kappa shape index (κ1) is 18.2. The third-order valence-corrected chi connectivity index (χ3v) is 4.99. The van der Waals surface area contributed by atoms with Crippen LogP contribution in [0, 0.1) is 17.2 Å². The smallest absolute Gasteiger partial charge is 0.228 e. The Labute approximate surface area is 163 Å². The number of nitrogens with zero attached hydrogens (tertiary/aromatic N) is 1. The molecule has 7 heteroatoms. The molecule has 0 atom stereocenters. The summed E-state index contributed by atoms with van der Waals surface area (Å²) in [5.41, 5.74) is 2.32. The van der Waals surface area contributed by atoms with Gasteiger partial charge in [-0.15, -0.1) is 0 Å². The van der Waals surface area contributed by atoms with Crippen molar-refractivity contribution >= 4 is 35.1 Å². The normalized spacial score (nSPS) is 15.6. The van der Waals surface area contributed by atoms with E-state index in [2.05, 4.69) is 15.6 Å². The molecule has 0 aliphatic heterocycles. The number of para-hydroxylation sites is 1. The lowest BCUT2D eigenvalue weighted by molar-refractivity contribution is -0.117. The Morgan fingerprint density at radius 1 is 1.18 bits per heavy atom. The molecule has 1 amide bonds. The summed E-state index contributed by atoms with van der Waals surface area (Å²) >= 11 is 0. The van der Waals surface area contributed by atoms with Crippen molar-refractivity contribution in [3.8, 4) is 5.75 Å². The fraction of sp³-hybridized carbons (Fsp3) is 0.333. The summed E-state index contributed by atoms with van der Waals surface area (Å²) in [5.74, 6) is 1.05. The molecule has 2 fully saturated rings. The van der Waals surface area contributed by atoms with Crippen molar-refractivity contribution in [2.75, 3.05) is 17.7 Å². The van der Waals surface area contributed by atoms with Gasteiger partial charge in [-0.05, 0) is 37.8 Å². The zero-order chi connectivity index (χ0) is 19.7. The predicted molar refractivity (Wildman–Crippen MR) is 107 cm³/mol. The molecule has 7 nitrogen and oxygen atoms in total. The zero-order valence-electron chi connectivity index (χ0n) is 15.6. The average Bonchev–Trinajstić information content (AvgIpc) is 3.58. The van der Waals surface area contributed by atoms with Gasteiger partial charge in [0.05, 0.1) is 24.0 Å². The maximum absolute atomic E-state index is 12.7. The van der Waals surface area contributed by atoms with Gasteiger partial charge in [-0.25, -0.2) is 4.98 Å². The van der Waals surface area contributed by atoms with E-state index >= 15 is 0 Å². The molecule has 1 aromatic heterocycles. The molecule has 3 N–H and O–H groups in total. The minimum atomic E-state index is -0.0388. The van der Waals surface area contributed by atoms with Crippen LogP contribution in [0.5, 0.6) is 5.75 Å². The molecule has 2 saturated carbocycles. The van der Waals surface area contributed by atoms with Crippen LogP contribution in [-0.4, -0.2) is 30.0 Å². The number of nitrogens with one attached hydrogen (secondary N) is 3. The van der Waals surface area contributed by atoms with Crippen LogP contribution in [0.4, 0.5) is 17.2 Å². The van der Waals surface area contributed by atoms with Crippen molar-refractivity contribution in [2.24, 2.45) is 11.8 Å². The molecule has 1 heterocycles. The van der Waals surface area contributed by atoms with Crippen LogP contribution >= 0.6 is 0 Å². The third-order valence-electron chi connectivity index (χ3n) is 4.99. The predicted octanol–water partition coefficient (Wildman–Crippen LogP) is 3.77. The summed E-state index contributed by atoms with van der Waals surface area (Å²) < 4.78 is 5.45. The number of Topliss-reactive ketones (excluding diaryl/α,β-unsaturated/α-hetero) is 1. The number of ether oxygens (including phenoxy) is 1. The number of pyridine rings is 1. The second-order valence-electron chi connectivity index (χ2n) is 7.21. The monoisotopic (exact) mass is 378 g/mol. The Bertz CT molecular complexity index is 949. The Hall–Kier alpha value is -3.22. The molecule has 2 aliphatic carbocycles. The summed E-state index contributed by atoms with van der Waals surface area (Å²) in [4.78, 5) is 29.1. The average molecular weight is 378 g/mol. The van der Waals surface area contributed by atoms with E-state index in [1.807, 2.05) is 12.1 Å². The van der Waals surface area contributed by atoms with Crippen LogP contribution < -0.4 is 15.4 Å². The van der Waals surface area contributed by atoms with Gasteiger partial charge < -0.3 is 20.8 Å². The number of carbonyl (C=O) groups is 2. The third kappa shape index (κ3) is 3.74. The first-order valence-corrected chi connectivity index (χ1v) is 9.40. The van der Waals surface area contributed by atoms with Gasteiger partial charge in [-0.1, -0.05) is 6.07 Å². The van der Waals surface area contributed by atoms with Gasteiger partial charge in [0.25, 0.3) is 0 Å². The van der Waals surface area contributed by atoms with Crippen LogP contribution in [0.2, 0.25) is 0 Å². The topological polar surface area (TPSA) is 104 Å². The Kier molecular flexibility index (Phi) is 4.81. The van der Waals surface area contributed by atoms with Gasteiger partial charge in [0.1, 0.15) is 5.82 Å². The Morgan fingerprint density at radius 2 is 1.93 bits per heavy atom. The SMILES string of the molecule is COc1c(C=N)cccc1Nc1cc(NC(=O)C2CC2)ncc1C(=O)C1CC1. The summed E-state index contributed by atoms with van der Waals surface area (Å²) in [6.07, 6.45) is 6.34. The zero-order valence-corrected chi connectivity index (χ0v) is 15.6. The highest BCUT2D eigenvalue weighted by Gasteiger charge is 2.33. The van der Waals surface area contributed by atoms with Crippen LogP contribution in [0.3, 0.4) is 0 Å². The van der Waals surface area contributed by atoms with E-state index in [1.165, 1.54) is 19.5 Å². The molecule has 28 heavy (non-hydrogen) atoms. The molecule has 0 saturated heterocycles. The van der Waals surface area contributed by atoms with Crippen LogP contribution in [0.15, 0.2) is 30.5 Å². The van der Waals surface area contributed by atoms with Crippen molar-refractivity contribution in [3.63, 3.8) is 0 Å². The highest BCUT2D eigenvalue weighted by Crippen LogP contribution is 2.37. The van der Waals surface area contributed by atoms with E-state index in [1.54, 1.807) is 12.1 Å². The number of benzene rings is 1. The number of amides is 1. The highest BCUT2D eigenvalue weighted by atomic mass is 16.5. The molecule has 0 bridgehead atoms. The minimum absolute atomic E-state index is 0.0388. The van der Waals surface area contributed by atoms with Gasteiger partial charge in [0.2, 0.25) is 5.91 Å². The minimum Gasteiger partial charge on any atom is -0.494 e. The van der Waals surface area contributed by atoms with E-state index < -0.39 is 0 Å². The molecule has 0 unspecified atom stereocenters. The summed E-state index contributed by atoms with van der Waals surface area (Å²) in [6, 6.07) is 7.10. The Balaban J connectivity index is 1.69. The Morgan fingerprint density at radius 3 is 2.57 bits per heavy atom. The van der Waals surface area contributed by atoms with E-state index in [0.717, 1.165) is 25.7 Å². The van der Waals surface area contributed by atoms with E-state index in [4.69, 9.17) is 10.1 Å². The van der Waals surface area contributed by atoms with Crippen molar-refractivity contribution in [2.45, 2.75) is 25.7 Å². The van der Waals surface area contributed by atoms with Gasteiger partial charge in [-0.2, -0.15) is 0 Å². The molecule has 0 spiro atoms. The van der Waals surface area contributed by atoms with Gasteiger partial charge in [0.15, 0.2) is 11.5 Å². The van der Waals surface area contributed by atoms with Crippen molar-refractivity contribution in [1.29, 1.82) is 5.41 Å². The highest BCUT2D eigenvalue weighted by molar-refractivity contribution is 6.05. The van der Waals surface area contributed by atoms with Crippen LogP contribution in [0.1, 0.15) is 41.6 Å². The number of hydrogen-bond acceptors (Lipinski definition) is 6. The molecular weight excluding hydrogens is 356 g/mol. The lowest BCUT2D eigenvalue weighted by atomic mass is 10.1. The van der Waals surface area contributed by atoms with Crippen molar-refractivity contribution in [1.82, 2.24) is 4.98 Å². The number of anilines is 3. The number of carbonyl (C=O) groups excluding carboxylic acids is 2. The fourth-order valence-corrected chi connectivity index (χ4v) is 3.10. The van der Waals surface area contributed by atoms with Crippen LogP contribution in [-0.2, 0) is 4.79 Å². The summed E-state index contributed by atoms with van der Waals surface area (Å²) in [5, 5.41) is 13.6. The van der Waals surface area contributed by atoms with Crippen LogP contribution in [0.25, 0.3) is 0 Å². The van der Waals surface area contributed by atoms with Crippen molar-refractivity contribution < 1.29 is 14.3 Å². The molecule has 2 aromatic rings. The van der Waals surface area contributed by atoms with Gasteiger partial charge >= 0.3 is 0 Å². The lowest BCUT2D eigenvalue weighted by Gasteiger charge is -2.16. The van der Waals surface area contributed by atoms with E-state index in [-0.39, 0.29) is 23.5 Å². The van der Waals surface area contributed by atoms with E-state index in [0.29, 0.717) is 34.1 Å². The fourth-order valence-electron chi connectivity index (χ4n) is 3.10. The number of rotatable bonds is 8. The molecule has 4 rings (SSSR count). The molecule has 0 radical (unpaired) electrons. The number of aromatic nitrogens is 1. The summed E-state index contributed by atoms with van der Waals surface area (Å²) in [6.45, 7) is 0.